The van der Waals surface area contributed by atoms with Crippen LogP contribution in [0.3, 0.4) is 0 Å². The van der Waals surface area contributed by atoms with Crippen LogP contribution in [-0.2, 0) is 0 Å². The molecule has 1 rings (SSSR count). The van der Waals surface area contributed by atoms with Gasteiger partial charge in [0, 0.05) is 6.20 Å². The van der Waals surface area contributed by atoms with Crippen molar-refractivity contribution in [3.8, 4) is 0 Å². The van der Waals surface area contributed by atoms with E-state index in [1.165, 1.54) is 0 Å². The van der Waals surface area contributed by atoms with Crippen molar-refractivity contribution < 1.29 is 0 Å². The maximum Gasteiger partial charge on any atom is 0.121 e. The Balaban J connectivity index is 0.000000461. The minimum atomic E-state index is 0.421. The Hall–Kier alpha value is -0.540. The molecule has 0 aliphatic rings. The van der Waals surface area contributed by atoms with Crippen LogP contribution < -0.4 is 5.73 Å². The van der Waals surface area contributed by atoms with E-state index in [-0.39, 0.29) is 0 Å². The normalized spacial score (nSPS) is 8.27. The number of halogens is 1. The lowest BCUT2D eigenvalue weighted by molar-refractivity contribution is 1.33. The molecule has 0 bridgehead atoms. The molecule has 0 atom stereocenters. The molecule has 1 heterocycles. The van der Waals surface area contributed by atoms with E-state index >= 15 is 0 Å². The van der Waals surface area contributed by atoms with Crippen LogP contribution in [-0.4, -0.2) is 4.98 Å². The lowest BCUT2D eigenvalue weighted by Gasteiger charge is -1.93. The van der Waals surface area contributed by atoms with E-state index in [1.54, 1.807) is 12.3 Å². The number of hydrogen-bond acceptors (Lipinski definition) is 2. The van der Waals surface area contributed by atoms with Crippen molar-refractivity contribution in [1.82, 2.24) is 4.98 Å². The molecule has 0 amide bonds. The van der Waals surface area contributed by atoms with Crippen LogP contribution in [0.2, 0.25) is 5.02 Å². The zero-order chi connectivity index (χ0) is 8.85. The predicted molar refractivity (Wildman–Crippen MR) is 52.4 cm³/mol. The van der Waals surface area contributed by atoms with E-state index in [0.29, 0.717) is 15.4 Å². The summed E-state index contributed by atoms with van der Waals surface area (Å²) >= 11 is 10.4. The summed E-state index contributed by atoms with van der Waals surface area (Å²) in [5, 5.41) is 0.424. The first-order chi connectivity index (χ1) is 5.22. The lowest BCUT2D eigenvalue weighted by Crippen LogP contribution is -1.89. The fourth-order valence-corrected chi connectivity index (χ4v) is 0.772. The molecule has 0 saturated carbocycles. The van der Waals surface area contributed by atoms with Crippen LogP contribution in [0.1, 0.15) is 13.8 Å². The average Bonchev–Trinajstić information content (AvgIpc) is 2.04. The molecule has 1 aromatic rings. The fourth-order valence-electron chi connectivity index (χ4n) is 0.476. The number of rotatable bonds is 0. The summed E-state index contributed by atoms with van der Waals surface area (Å²) in [5.74, 6) is 0.421. The van der Waals surface area contributed by atoms with Gasteiger partial charge in [0.2, 0.25) is 0 Å². The van der Waals surface area contributed by atoms with Crippen LogP contribution >= 0.6 is 23.8 Å². The third-order valence-corrected chi connectivity index (χ3v) is 1.79. The van der Waals surface area contributed by atoms with Crippen molar-refractivity contribution in [2.24, 2.45) is 0 Å². The Labute approximate surface area is 76.4 Å². The zero-order valence-electron chi connectivity index (χ0n) is 6.52. The first-order valence-electron chi connectivity index (χ1n) is 3.34. The number of aromatic amines is 1. The molecule has 1 aromatic heterocycles. The first-order valence-corrected chi connectivity index (χ1v) is 4.13. The monoisotopic (exact) mass is 190 g/mol. The van der Waals surface area contributed by atoms with Crippen LogP contribution in [0.5, 0.6) is 0 Å². The second-order valence-corrected chi connectivity index (χ2v) is 2.39. The topological polar surface area (TPSA) is 41.8 Å². The lowest BCUT2D eigenvalue weighted by atomic mass is 10.5. The van der Waals surface area contributed by atoms with Crippen LogP contribution in [0.25, 0.3) is 0 Å². The van der Waals surface area contributed by atoms with Crippen LogP contribution in [0.4, 0.5) is 5.82 Å². The van der Waals surface area contributed by atoms with E-state index in [2.05, 4.69) is 4.98 Å². The van der Waals surface area contributed by atoms with E-state index in [9.17, 15) is 0 Å². The van der Waals surface area contributed by atoms with Gasteiger partial charge in [-0.15, -0.1) is 0 Å². The fraction of sp³-hybridized carbons (Fsp3) is 0.286. The highest BCUT2D eigenvalue weighted by Gasteiger charge is 1.93. The molecule has 0 fully saturated rings. The quantitative estimate of drug-likeness (QED) is 0.618. The molecule has 0 aliphatic carbocycles. The number of anilines is 1. The highest BCUT2D eigenvalue weighted by molar-refractivity contribution is 7.71. The number of aromatic nitrogens is 1. The second kappa shape index (κ2) is 5.16. The zero-order valence-corrected chi connectivity index (χ0v) is 8.09. The third-order valence-electron chi connectivity index (χ3n) is 0.926. The summed E-state index contributed by atoms with van der Waals surface area (Å²) in [7, 11) is 0. The molecule has 3 N–H and O–H groups in total. The number of hydrogen-bond donors (Lipinski definition) is 2. The first kappa shape index (κ1) is 10.5. The van der Waals surface area contributed by atoms with E-state index in [0.717, 1.165) is 0 Å². The smallest absolute Gasteiger partial charge is 0.121 e. The van der Waals surface area contributed by atoms with Gasteiger partial charge in [-0.1, -0.05) is 37.7 Å². The van der Waals surface area contributed by atoms with Gasteiger partial charge < -0.3 is 10.7 Å². The van der Waals surface area contributed by atoms with Crippen molar-refractivity contribution in [2.45, 2.75) is 13.8 Å². The Kier molecular flexibility index (Phi) is 4.90. The summed E-state index contributed by atoms with van der Waals surface area (Å²) in [5.41, 5.74) is 5.37. The Morgan fingerprint density at radius 3 is 2.45 bits per heavy atom. The van der Waals surface area contributed by atoms with E-state index in [4.69, 9.17) is 29.6 Å². The van der Waals surface area contributed by atoms with Gasteiger partial charge in [0.25, 0.3) is 0 Å². The molecule has 0 radical (unpaired) electrons. The summed E-state index contributed by atoms with van der Waals surface area (Å²) in [4.78, 5) is 2.72. The Bertz CT molecular complexity index is 269. The number of nitrogens with one attached hydrogen (secondary N) is 1. The molecule has 62 valence electrons. The van der Waals surface area contributed by atoms with Gasteiger partial charge in [-0.25, -0.2) is 0 Å². The van der Waals surface area contributed by atoms with Gasteiger partial charge in [0.05, 0.1) is 9.53 Å². The molecule has 0 aromatic carbocycles. The molecule has 0 unspecified atom stereocenters. The van der Waals surface area contributed by atoms with Gasteiger partial charge >= 0.3 is 0 Å². The van der Waals surface area contributed by atoms with E-state index in [1.807, 2.05) is 13.8 Å². The number of H-pyrrole nitrogens is 1. The third kappa shape index (κ3) is 2.91. The summed E-state index contributed by atoms with van der Waals surface area (Å²) in [6.45, 7) is 4.00. The van der Waals surface area contributed by atoms with Gasteiger partial charge in [0.15, 0.2) is 0 Å². The maximum absolute atomic E-state index is 5.62. The molecule has 0 aliphatic heterocycles. The standard InChI is InChI=1S/C5H5ClN2S.C2H6/c6-4-3(9)1-2-8-5(4)7;1-2/h1-2H,(H3,7,8,9);1-2H3. The van der Waals surface area contributed by atoms with Gasteiger partial charge in [0.1, 0.15) is 5.82 Å². The number of nitrogen functional groups attached to an aromatic ring is 1. The highest BCUT2D eigenvalue weighted by atomic mass is 35.5. The van der Waals surface area contributed by atoms with Crippen LogP contribution in [0, 0.1) is 4.51 Å². The maximum atomic E-state index is 5.62. The highest BCUT2D eigenvalue weighted by Crippen LogP contribution is 2.15. The summed E-state index contributed by atoms with van der Waals surface area (Å²) in [6, 6.07) is 1.69. The largest absolute Gasteiger partial charge is 0.384 e. The molecular weight excluding hydrogens is 180 g/mol. The number of nitrogens with two attached hydrogens (primary N) is 1. The molecule has 0 spiro atoms. The Morgan fingerprint density at radius 1 is 1.55 bits per heavy atom. The molecule has 4 heteroatoms. The van der Waals surface area contributed by atoms with Gasteiger partial charge in [-0.3, -0.25) is 0 Å². The van der Waals surface area contributed by atoms with Crippen molar-refractivity contribution >= 4 is 29.6 Å². The van der Waals surface area contributed by atoms with Gasteiger partial charge in [-0.2, -0.15) is 0 Å². The average molecular weight is 191 g/mol. The molecular formula is C7H11ClN2S. The minimum Gasteiger partial charge on any atom is -0.384 e. The summed E-state index contributed by atoms with van der Waals surface area (Å²) in [6.07, 6.45) is 1.66. The van der Waals surface area contributed by atoms with Crippen molar-refractivity contribution in [3.63, 3.8) is 0 Å². The molecule has 0 saturated heterocycles. The molecule has 2 nitrogen and oxygen atoms in total. The Morgan fingerprint density at radius 2 is 2.09 bits per heavy atom. The minimum absolute atomic E-state index is 0.421. The summed E-state index contributed by atoms with van der Waals surface area (Å²) < 4.78 is 0.577. The second-order valence-electron chi connectivity index (χ2n) is 1.57. The number of pyridine rings is 1. The van der Waals surface area contributed by atoms with Crippen molar-refractivity contribution in [2.75, 3.05) is 5.73 Å². The van der Waals surface area contributed by atoms with Crippen molar-refractivity contribution in [3.05, 3.63) is 21.8 Å². The van der Waals surface area contributed by atoms with Crippen LogP contribution in [0.15, 0.2) is 12.3 Å². The molecule has 11 heavy (non-hydrogen) atoms. The predicted octanol–water partition coefficient (Wildman–Crippen LogP) is 3.01. The van der Waals surface area contributed by atoms with Gasteiger partial charge in [-0.05, 0) is 6.07 Å². The van der Waals surface area contributed by atoms with Crippen molar-refractivity contribution in [1.29, 1.82) is 0 Å². The van der Waals surface area contributed by atoms with E-state index < -0.39 is 0 Å². The SMILES string of the molecule is CC.Nc1[nH]ccc(=S)c1Cl.